The molecule has 0 fully saturated rings. The summed E-state index contributed by atoms with van der Waals surface area (Å²) in [5.74, 6) is 0.483. The second-order valence-corrected chi connectivity index (χ2v) is 6.76. The van der Waals surface area contributed by atoms with E-state index in [9.17, 15) is 4.79 Å². The number of carbonyl (C=O) groups is 1. The van der Waals surface area contributed by atoms with Gasteiger partial charge in [0.25, 0.3) is 0 Å². The average Bonchev–Trinajstić information content (AvgIpc) is 3.06. The maximum absolute atomic E-state index is 12.3. The molecule has 118 valence electrons. The van der Waals surface area contributed by atoms with E-state index >= 15 is 0 Å². The van der Waals surface area contributed by atoms with E-state index in [2.05, 4.69) is 34.5 Å². The lowest BCUT2D eigenvalue weighted by Gasteiger charge is -2.04. The lowest BCUT2D eigenvalue weighted by Crippen LogP contribution is -2.14. The molecule has 0 aliphatic heterocycles. The number of hydrogen-bond acceptors (Lipinski definition) is 4. The summed E-state index contributed by atoms with van der Waals surface area (Å²) in [7, 11) is 1.82. The van der Waals surface area contributed by atoms with E-state index in [1.165, 1.54) is 5.56 Å². The van der Waals surface area contributed by atoms with Gasteiger partial charge in [-0.3, -0.25) is 9.48 Å². The lowest BCUT2D eigenvalue weighted by atomic mass is 10.1. The van der Waals surface area contributed by atoms with E-state index in [0.717, 1.165) is 21.1 Å². The van der Waals surface area contributed by atoms with Crippen LogP contribution >= 0.6 is 11.3 Å². The summed E-state index contributed by atoms with van der Waals surface area (Å²) >= 11 is 1.56. The summed E-state index contributed by atoms with van der Waals surface area (Å²) in [6.45, 7) is 4.01. The molecule has 23 heavy (non-hydrogen) atoms. The number of nitrogens with one attached hydrogen (secondary N) is 1. The van der Waals surface area contributed by atoms with Crippen LogP contribution in [0.4, 0.5) is 5.82 Å². The summed E-state index contributed by atoms with van der Waals surface area (Å²) in [5, 5.41) is 7.94. The Labute approximate surface area is 139 Å². The highest BCUT2D eigenvalue weighted by Gasteiger charge is 2.15. The number of benzene rings is 1. The van der Waals surface area contributed by atoms with Crippen molar-refractivity contribution in [3.63, 3.8) is 0 Å². The smallest absolute Gasteiger partial charge is 0.230 e. The Morgan fingerprint density at radius 3 is 2.61 bits per heavy atom. The predicted molar refractivity (Wildman–Crippen MR) is 92.6 cm³/mol. The van der Waals surface area contributed by atoms with Crippen LogP contribution in [0.15, 0.2) is 36.5 Å². The first kappa shape index (κ1) is 15.4. The Morgan fingerprint density at radius 2 is 1.96 bits per heavy atom. The third-order valence-electron chi connectivity index (χ3n) is 3.43. The number of aromatic nitrogens is 3. The molecule has 0 unspecified atom stereocenters. The Bertz CT molecular complexity index is 833. The Morgan fingerprint density at radius 1 is 1.22 bits per heavy atom. The number of anilines is 1. The fourth-order valence-electron chi connectivity index (χ4n) is 2.34. The van der Waals surface area contributed by atoms with Crippen molar-refractivity contribution >= 4 is 23.1 Å². The van der Waals surface area contributed by atoms with Crippen LogP contribution < -0.4 is 5.32 Å². The average molecular weight is 326 g/mol. The van der Waals surface area contributed by atoms with Gasteiger partial charge >= 0.3 is 0 Å². The number of hydrogen-bond donors (Lipinski definition) is 1. The second-order valence-electron chi connectivity index (χ2n) is 5.47. The number of nitrogens with zero attached hydrogens (tertiary/aromatic N) is 3. The summed E-state index contributed by atoms with van der Waals surface area (Å²) in [6, 6.07) is 9.98. The van der Waals surface area contributed by atoms with Crippen LogP contribution in [0.25, 0.3) is 11.3 Å². The van der Waals surface area contributed by atoms with Crippen LogP contribution in [0.3, 0.4) is 0 Å². The minimum Gasteiger partial charge on any atom is -0.309 e. The van der Waals surface area contributed by atoms with Gasteiger partial charge in [0, 0.05) is 29.8 Å². The molecule has 0 radical (unpaired) electrons. The molecule has 6 heteroatoms. The Balaban J connectivity index is 1.80. The molecular weight excluding hydrogens is 308 g/mol. The van der Waals surface area contributed by atoms with E-state index < -0.39 is 0 Å². The van der Waals surface area contributed by atoms with Crippen LogP contribution in [-0.4, -0.2) is 20.7 Å². The van der Waals surface area contributed by atoms with E-state index in [4.69, 9.17) is 0 Å². The number of carbonyl (C=O) groups excluding carboxylic acids is 1. The molecular formula is C17H18N4OS. The molecule has 0 aliphatic carbocycles. The molecule has 1 amide bonds. The zero-order valence-corrected chi connectivity index (χ0v) is 14.1. The second kappa shape index (κ2) is 6.34. The summed E-state index contributed by atoms with van der Waals surface area (Å²) in [5.41, 5.74) is 3.14. The van der Waals surface area contributed by atoms with Gasteiger partial charge in [-0.25, -0.2) is 4.98 Å². The third kappa shape index (κ3) is 3.65. The van der Waals surface area contributed by atoms with Gasteiger partial charge in [-0.2, -0.15) is 5.10 Å². The van der Waals surface area contributed by atoms with Crippen molar-refractivity contribution in [1.82, 2.24) is 14.8 Å². The molecule has 0 atom stereocenters. The molecule has 3 rings (SSSR count). The summed E-state index contributed by atoms with van der Waals surface area (Å²) in [6.07, 6.45) is 2.09. The van der Waals surface area contributed by atoms with Crippen molar-refractivity contribution in [1.29, 1.82) is 0 Å². The molecule has 2 heterocycles. The Kier molecular flexibility index (Phi) is 4.25. The van der Waals surface area contributed by atoms with Gasteiger partial charge in [-0.05, 0) is 13.8 Å². The van der Waals surface area contributed by atoms with E-state index in [1.807, 2.05) is 26.1 Å². The molecule has 1 aromatic carbocycles. The number of amides is 1. The lowest BCUT2D eigenvalue weighted by molar-refractivity contribution is -0.115. The monoisotopic (exact) mass is 326 g/mol. The highest BCUT2D eigenvalue weighted by molar-refractivity contribution is 7.12. The number of thiazole rings is 1. The summed E-state index contributed by atoms with van der Waals surface area (Å²) in [4.78, 5) is 17.8. The first-order valence-electron chi connectivity index (χ1n) is 7.34. The van der Waals surface area contributed by atoms with Crippen LogP contribution in [0.1, 0.15) is 15.4 Å². The van der Waals surface area contributed by atoms with Crippen molar-refractivity contribution in [3.05, 3.63) is 52.0 Å². The SMILES string of the molecule is Cc1ccc(-c2nc(C)sc2CC(=O)Nc2ccn(C)n2)cc1. The molecule has 0 bridgehead atoms. The molecule has 0 spiro atoms. The predicted octanol–water partition coefficient (Wildman–Crippen LogP) is 3.34. The van der Waals surface area contributed by atoms with Crippen LogP contribution in [0.2, 0.25) is 0 Å². The first-order chi connectivity index (χ1) is 11.0. The van der Waals surface area contributed by atoms with Gasteiger partial charge in [0.05, 0.1) is 17.1 Å². The minimum absolute atomic E-state index is 0.0827. The zero-order chi connectivity index (χ0) is 16.4. The van der Waals surface area contributed by atoms with Gasteiger partial charge in [0.15, 0.2) is 5.82 Å². The van der Waals surface area contributed by atoms with Crippen LogP contribution in [-0.2, 0) is 18.3 Å². The molecule has 0 saturated heterocycles. The Hall–Kier alpha value is -2.47. The van der Waals surface area contributed by atoms with E-state index in [1.54, 1.807) is 28.3 Å². The van der Waals surface area contributed by atoms with Crippen molar-refractivity contribution in [3.8, 4) is 11.3 Å². The van der Waals surface area contributed by atoms with E-state index in [0.29, 0.717) is 12.2 Å². The van der Waals surface area contributed by atoms with Crippen LogP contribution in [0.5, 0.6) is 0 Å². The quantitative estimate of drug-likeness (QED) is 0.800. The fourth-order valence-corrected chi connectivity index (χ4v) is 3.30. The fraction of sp³-hybridized carbons (Fsp3) is 0.235. The van der Waals surface area contributed by atoms with Crippen molar-refractivity contribution < 1.29 is 4.79 Å². The molecule has 2 aromatic heterocycles. The molecule has 1 N–H and O–H groups in total. The normalized spacial score (nSPS) is 10.7. The molecule has 5 nitrogen and oxygen atoms in total. The first-order valence-corrected chi connectivity index (χ1v) is 8.16. The van der Waals surface area contributed by atoms with Gasteiger partial charge in [-0.15, -0.1) is 11.3 Å². The minimum atomic E-state index is -0.0827. The molecule has 0 aliphatic rings. The number of rotatable bonds is 4. The standard InChI is InChI=1S/C17H18N4OS/c1-11-4-6-13(7-5-11)17-14(23-12(2)18-17)10-16(22)19-15-8-9-21(3)20-15/h4-9H,10H2,1-3H3,(H,19,20,22). The number of aryl methyl sites for hydroxylation is 3. The molecule has 0 saturated carbocycles. The van der Waals surface area contributed by atoms with Crippen molar-refractivity contribution in [2.75, 3.05) is 5.32 Å². The third-order valence-corrected chi connectivity index (χ3v) is 4.40. The highest BCUT2D eigenvalue weighted by Crippen LogP contribution is 2.29. The highest BCUT2D eigenvalue weighted by atomic mass is 32.1. The van der Waals surface area contributed by atoms with Gasteiger partial charge in [0.2, 0.25) is 5.91 Å². The van der Waals surface area contributed by atoms with E-state index in [-0.39, 0.29) is 5.91 Å². The topological polar surface area (TPSA) is 59.8 Å². The summed E-state index contributed by atoms with van der Waals surface area (Å²) < 4.78 is 1.66. The van der Waals surface area contributed by atoms with Crippen molar-refractivity contribution in [2.24, 2.45) is 7.05 Å². The maximum atomic E-state index is 12.3. The zero-order valence-electron chi connectivity index (χ0n) is 13.3. The van der Waals surface area contributed by atoms with Gasteiger partial charge in [0.1, 0.15) is 0 Å². The maximum Gasteiger partial charge on any atom is 0.230 e. The molecule has 3 aromatic rings. The van der Waals surface area contributed by atoms with Crippen LogP contribution in [0, 0.1) is 13.8 Å². The van der Waals surface area contributed by atoms with Gasteiger partial charge in [-0.1, -0.05) is 29.8 Å². The largest absolute Gasteiger partial charge is 0.309 e. The van der Waals surface area contributed by atoms with Crippen molar-refractivity contribution in [2.45, 2.75) is 20.3 Å². The van der Waals surface area contributed by atoms with Gasteiger partial charge < -0.3 is 5.32 Å².